The van der Waals surface area contributed by atoms with Crippen molar-refractivity contribution in [2.24, 2.45) is 0 Å². The zero-order valence-corrected chi connectivity index (χ0v) is 13.0. The van der Waals surface area contributed by atoms with Crippen LogP contribution in [-0.4, -0.2) is 34.6 Å². The quantitative estimate of drug-likeness (QED) is 0.890. The average Bonchev–Trinajstić information content (AvgIpc) is 2.34. The summed E-state index contributed by atoms with van der Waals surface area (Å²) in [6, 6.07) is 3.40. The lowest BCUT2D eigenvalue weighted by atomic mass is 9.88. The molecule has 3 nitrogen and oxygen atoms in total. The van der Waals surface area contributed by atoms with Gasteiger partial charge in [-0.3, -0.25) is 4.79 Å². The van der Waals surface area contributed by atoms with Crippen molar-refractivity contribution in [2.45, 2.75) is 31.5 Å². The number of rotatable bonds is 3. The Morgan fingerprint density at radius 1 is 1.43 bits per heavy atom. The molecule has 1 N–H and O–H groups in total. The summed E-state index contributed by atoms with van der Waals surface area (Å²) in [4.78, 5) is 13.5. The summed E-state index contributed by atoms with van der Waals surface area (Å²) in [5.41, 5.74) is -1.80. The summed E-state index contributed by atoms with van der Waals surface area (Å²) in [5.74, 6) is -0.492. The molecule has 1 aromatic rings. The summed E-state index contributed by atoms with van der Waals surface area (Å²) < 4.78 is 38.4. The number of halogens is 4. The largest absolute Gasteiger partial charge is 0.417 e. The van der Waals surface area contributed by atoms with Crippen LogP contribution in [0.25, 0.3) is 0 Å². The molecule has 0 aromatic heterocycles. The standard InChI is InChI=1S/C14H15BrF3NO2/c1-2-5-13(21)7-19(8-13)12(20)9-3-4-11(15)10(6-9)14(16,17)18/h3-4,6,21H,2,5,7-8H2,1H3. The molecule has 0 saturated carbocycles. The second-order valence-corrected chi connectivity index (χ2v) is 6.18. The number of nitrogens with zero attached hydrogens (tertiary/aromatic N) is 1. The van der Waals surface area contributed by atoms with Crippen molar-refractivity contribution in [3.63, 3.8) is 0 Å². The second kappa shape index (κ2) is 5.61. The third kappa shape index (κ3) is 3.40. The number of amides is 1. The molecular weight excluding hydrogens is 351 g/mol. The molecular formula is C14H15BrF3NO2. The first-order valence-corrected chi connectivity index (χ1v) is 7.34. The highest BCUT2D eigenvalue weighted by molar-refractivity contribution is 9.10. The molecule has 0 atom stereocenters. The monoisotopic (exact) mass is 365 g/mol. The van der Waals surface area contributed by atoms with Crippen LogP contribution < -0.4 is 0 Å². The van der Waals surface area contributed by atoms with Gasteiger partial charge in [0.1, 0.15) is 0 Å². The van der Waals surface area contributed by atoms with E-state index in [4.69, 9.17) is 0 Å². The van der Waals surface area contributed by atoms with Crippen LogP contribution in [-0.2, 0) is 6.18 Å². The van der Waals surface area contributed by atoms with E-state index in [2.05, 4.69) is 15.9 Å². The van der Waals surface area contributed by atoms with Gasteiger partial charge < -0.3 is 10.0 Å². The van der Waals surface area contributed by atoms with E-state index in [9.17, 15) is 23.1 Å². The summed E-state index contributed by atoms with van der Waals surface area (Å²) in [6.45, 7) is 2.25. The summed E-state index contributed by atoms with van der Waals surface area (Å²) in [7, 11) is 0. The molecule has 2 rings (SSSR count). The lowest BCUT2D eigenvalue weighted by molar-refractivity contribution is -0.138. The van der Waals surface area contributed by atoms with Crippen molar-refractivity contribution in [3.05, 3.63) is 33.8 Å². The van der Waals surface area contributed by atoms with Crippen LogP contribution in [0.2, 0.25) is 0 Å². The topological polar surface area (TPSA) is 40.5 Å². The SMILES string of the molecule is CCCC1(O)CN(C(=O)c2ccc(Br)c(C(F)(F)F)c2)C1. The predicted octanol–water partition coefficient (Wildman–Crippen LogP) is 3.45. The number of benzene rings is 1. The molecule has 1 fully saturated rings. The molecule has 1 saturated heterocycles. The van der Waals surface area contributed by atoms with Gasteiger partial charge in [0.25, 0.3) is 5.91 Å². The lowest BCUT2D eigenvalue weighted by Crippen LogP contribution is -2.63. The maximum absolute atomic E-state index is 12.8. The van der Waals surface area contributed by atoms with Gasteiger partial charge in [-0.2, -0.15) is 13.2 Å². The summed E-state index contributed by atoms with van der Waals surface area (Å²) >= 11 is 2.84. The van der Waals surface area contributed by atoms with E-state index in [0.717, 1.165) is 12.5 Å². The van der Waals surface area contributed by atoms with Gasteiger partial charge in [-0.25, -0.2) is 0 Å². The Kier molecular flexibility index (Phi) is 4.35. The van der Waals surface area contributed by atoms with E-state index in [1.807, 2.05) is 6.92 Å². The van der Waals surface area contributed by atoms with Gasteiger partial charge in [-0.05, 0) is 24.6 Å². The van der Waals surface area contributed by atoms with Crippen molar-refractivity contribution < 1.29 is 23.1 Å². The van der Waals surface area contributed by atoms with Crippen LogP contribution in [0.4, 0.5) is 13.2 Å². The Morgan fingerprint density at radius 2 is 2.05 bits per heavy atom. The third-order valence-electron chi connectivity index (χ3n) is 3.49. The summed E-state index contributed by atoms with van der Waals surface area (Å²) in [5, 5.41) is 10.0. The first kappa shape index (κ1) is 16.3. The van der Waals surface area contributed by atoms with Crippen LogP contribution in [0.3, 0.4) is 0 Å². The average molecular weight is 366 g/mol. The fourth-order valence-electron chi connectivity index (χ4n) is 2.49. The maximum Gasteiger partial charge on any atom is 0.417 e. The third-order valence-corrected chi connectivity index (χ3v) is 4.18. The minimum atomic E-state index is -4.52. The lowest BCUT2D eigenvalue weighted by Gasteiger charge is -2.46. The molecule has 21 heavy (non-hydrogen) atoms. The maximum atomic E-state index is 12.8. The van der Waals surface area contributed by atoms with Crippen molar-refractivity contribution in [1.82, 2.24) is 4.90 Å². The van der Waals surface area contributed by atoms with E-state index in [1.165, 1.54) is 17.0 Å². The van der Waals surface area contributed by atoms with Gasteiger partial charge in [0.05, 0.1) is 24.3 Å². The van der Waals surface area contributed by atoms with E-state index in [1.54, 1.807) is 0 Å². The number of hydrogen-bond donors (Lipinski definition) is 1. The van der Waals surface area contributed by atoms with Gasteiger partial charge in [0.15, 0.2) is 0 Å². The first-order chi connectivity index (χ1) is 9.66. The van der Waals surface area contributed by atoms with Crippen LogP contribution >= 0.6 is 15.9 Å². The zero-order valence-electron chi connectivity index (χ0n) is 11.4. The Hall–Kier alpha value is -1.08. The molecule has 7 heteroatoms. The van der Waals surface area contributed by atoms with Gasteiger partial charge in [0.2, 0.25) is 0 Å². The highest BCUT2D eigenvalue weighted by Crippen LogP contribution is 2.36. The molecule has 0 aliphatic carbocycles. The second-order valence-electron chi connectivity index (χ2n) is 5.33. The Bertz CT molecular complexity index is 554. The van der Waals surface area contributed by atoms with Gasteiger partial charge in [0, 0.05) is 10.0 Å². The number of likely N-dealkylation sites (tertiary alicyclic amines) is 1. The zero-order chi connectivity index (χ0) is 15.8. The highest BCUT2D eigenvalue weighted by atomic mass is 79.9. The molecule has 0 unspecified atom stereocenters. The van der Waals surface area contributed by atoms with Crippen LogP contribution in [0, 0.1) is 0 Å². The molecule has 1 heterocycles. The molecule has 0 spiro atoms. The summed E-state index contributed by atoms with van der Waals surface area (Å²) in [6.07, 6.45) is -3.16. The smallest absolute Gasteiger partial charge is 0.386 e. The Morgan fingerprint density at radius 3 is 2.57 bits per heavy atom. The van der Waals surface area contributed by atoms with Gasteiger partial charge in [-0.1, -0.05) is 29.3 Å². The number of carbonyl (C=O) groups is 1. The molecule has 1 aromatic carbocycles. The number of hydrogen-bond acceptors (Lipinski definition) is 2. The minimum Gasteiger partial charge on any atom is -0.386 e. The minimum absolute atomic E-state index is 0.0240. The van der Waals surface area contributed by atoms with Crippen molar-refractivity contribution in [3.8, 4) is 0 Å². The molecule has 0 bridgehead atoms. The van der Waals surface area contributed by atoms with Crippen molar-refractivity contribution >= 4 is 21.8 Å². The number of alkyl halides is 3. The first-order valence-electron chi connectivity index (χ1n) is 6.55. The molecule has 0 radical (unpaired) electrons. The van der Waals surface area contributed by atoms with E-state index < -0.39 is 23.2 Å². The normalized spacial score (nSPS) is 17.5. The number of β-amino-alcohol motifs (C(OH)–C–C–N with tert-alkyl or cyclic N) is 1. The van der Waals surface area contributed by atoms with Crippen molar-refractivity contribution in [2.75, 3.05) is 13.1 Å². The van der Waals surface area contributed by atoms with Gasteiger partial charge in [-0.15, -0.1) is 0 Å². The Balaban J connectivity index is 2.15. The molecule has 1 aliphatic rings. The van der Waals surface area contributed by atoms with E-state index in [-0.39, 0.29) is 23.1 Å². The molecule has 1 amide bonds. The molecule has 1 aliphatic heterocycles. The van der Waals surface area contributed by atoms with Crippen LogP contribution in [0.15, 0.2) is 22.7 Å². The van der Waals surface area contributed by atoms with E-state index >= 15 is 0 Å². The Labute approximate surface area is 128 Å². The fraction of sp³-hybridized carbons (Fsp3) is 0.500. The van der Waals surface area contributed by atoms with Crippen LogP contribution in [0.5, 0.6) is 0 Å². The van der Waals surface area contributed by atoms with Crippen LogP contribution in [0.1, 0.15) is 35.7 Å². The fourth-order valence-corrected chi connectivity index (χ4v) is 2.96. The number of carbonyl (C=O) groups excluding carboxylic acids is 1. The molecule has 116 valence electrons. The van der Waals surface area contributed by atoms with Crippen molar-refractivity contribution in [1.29, 1.82) is 0 Å². The highest BCUT2D eigenvalue weighted by Gasteiger charge is 2.43. The van der Waals surface area contributed by atoms with E-state index in [0.29, 0.717) is 6.42 Å². The van der Waals surface area contributed by atoms with Gasteiger partial charge >= 0.3 is 6.18 Å². The number of aliphatic hydroxyl groups is 1. The predicted molar refractivity (Wildman–Crippen MR) is 74.9 cm³/mol.